The van der Waals surface area contributed by atoms with Gasteiger partial charge in [0.25, 0.3) is 6.43 Å². The molecule has 3 aromatic heterocycles. The van der Waals surface area contributed by atoms with Gasteiger partial charge in [0.15, 0.2) is 0 Å². The second-order valence-electron chi connectivity index (χ2n) is 5.09. The number of nitrogens with zero attached hydrogens (tertiary/aromatic N) is 3. The van der Waals surface area contributed by atoms with Crippen LogP contribution < -0.4 is 4.74 Å². The highest BCUT2D eigenvalue weighted by Crippen LogP contribution is 2.29. The summed E-state index contributed by atoms with van der Waals surface area (Å²) in [5, 5.41) is 3.92. The molecule has 3 aromatic rings. The van der Waals surface area contributed by atoms with E-state index in [9.17, 15) is 8.78 Å². The van der Waals surface area contributed by atoms with Crippen molar-refractivity contribution in [2.45, 2.75) is 12.8 Å². The Labute approximate surface area is 132 Å². The van der Waals surface area contributed by atoms with Gasteiger partial charge in [0.2, 0.25) is 5.88 Å². The van der Waals surface area contributed by atoms with E-state index >= 15 is 0 Å². The quantitative estimate of drug-likeness (QED) is 0.716. The van der Waals surface area contributed by atoms with Gasteiger partial charge in [-0.15, -0.1) is 0 Å². The van der Waals surface area contributed by atoms with E-state index in [1.165, 1.54) is 17.7 Å². The largest absolute Gasteiger partial charge is 0.481 e. The van der Waals surface area contributed by atoms with Crippen molar-refractivity contribution >= 4 is 11.1 Å². The Hall–Kier alpha value is -2.76. The average Bonchev–Trinajstić information content (AvgIpc) is 3.00. The van der Waals surface area contributed by atoms with Gasteiger partial charge >= 0.3 is 0 Å². The second-order valence-corrected chi connectivity index (χ2v) is 5.09. The van der Waals surface area contributed by atoms with Gasteiger partial charge < -0.3 is 4.74 Å². The molecule has 0 N–H and O–H groups in total. The smallest absolute Gasteiger partial charge is 0.282 e. The molecule has 0 unspecified atom stereocenters. The van der Waals surface area contributed by atoms with E-state index < -0.39 is 6.43 Å². The summed E-state index contributed by atoms with van der Waals surface area (Å²) in [6.07, 6.45) is 1.38. The van der Waals surface area contributed by atoms with Crippen LogP contribution in [0.5, 0.6) is 5.88 Å². The Morgan fingerprint density at radius 3 is 2.65 bits per heavy atom. The van der Waals surface area contributed by atoms with Crippen LogP contribution in [0.3, 0.4) is 0 Å². The van der Waals surface area contributed by atoms with Gasteiger partial charge in [-0.05, 0) is 41.8 Å². The lowest BCUT2D eigenvalue weighted by molar-refractivity contribution is 0.145. The molecule has 0 radical (unpaired) electrons. The minimum atomic E-state index is -2.64. The molecule has 4 nitrogen and oxygen atoms in total. The topological polar surface area (TPSA) is 39.4 Å². The van der Waals surface area contributed by atoms with E-state index in [0.29, 0.717) is 17.8 Å². The molecule has 0 atom stereocenters. The van der Waals surface area contributed by atoms with Gasteiger partial charge in [-0.25, -0.2) is 8.78 Å². The van der Waals surface area contributed by atoms with Crippen LogP contribution in [0.2, 0.25) is 0 Å². The van der Waals surface area contributed by atoms with Gasteiger partial charge in [0, 0.05) is 24.0 Å². The Morgan fingerprint density at radius 2 is 2.00 bits per heavy atom. The van der Waals surface area contributed by atoms with Gasteiger partial charge in [-0.3, -0.25) is 4.98 Å². The number of methoxy groups -OCH3 is 1. The van der Waals surface area contributed by atoms with E-state index in [-0.39, 0.29) is 5.69 Å². The zero-order valence-corrected chi connectivity index (χ0v) is 12.5. The fourth-order valence-electron chi connectivity index (χ4n) is 2.47. The average molecular weight is 315 g/mol. The maximum absolute atomic E-state index is 13.0. The molecular formula is C17H15F2N3O. The normalized spacial score (nSPS) is 11.1. The molecule has 0 aliphatic carbocycles. The first-order valence-corrected chi connectivity index (χ1v) is 7.02. The van der Waals surface area contributed by atoms with Crippen molar-refractivity contribution in [3.05, 3.63) is 66.1 Å². The summed E-state index contributed by atoms with van der Waals surface area (Å²) < 4.78 is 32.5. The van der Waals surface area contributed by atoms with Crippen LogP contribution in [-0.4, -0.2) is 21.7 Å². The van der Waals surface area contributed by atoms with Crippen molar-refractivity contribution in [2.75, 3.05) is 7.11 Å². The summed E-state index contributed by atoms with van der Waals surface area (Å²) in [6, 6.07) is 8.68. The number of ether oxygens (including phenoxy) is 1. The lowest BCUT2D eigenvalue weighted by Gasteiger charge is -2.10. The highest BCUT2D eigenvalue weighted by molar-refractivity contribution is 5.79. The number of allylic oxidation sites excluding steroid dienone is 1. The summed E-state index contributed by atoms with van der Waals surface area (Å²) in [7, 11) is 1.48. The Bertz CT molecular complexity index is 844. The van der Waals surface area contributed by atoms with Crippen LogP contribution in [-0.2, 0) is 6.42 Å². The maximum atomic E-state index is 13.0. The summed E-state index contributed by atoms with van der Waals surface area (Å²) in [5.74, 6) is 0.396. The van der Waals surface area contributed by atoms with Crippen LogP contribution >= 0.6 is 0 Å². The third kappa shape index (κ3) is 2.92. The first-order valence-electron chi connectivity index (χ1n) is 7.02. The lowest BCUT2D eigenvalue weighted by Crippen LogP contribution is -1.99. The molecule has 0 fully saturated rings. The number of pyridine rings is 2. The van der Waals surface area contributed by atoms with Gasteiger partial charge in [0.1, 0.15) is 5.69 Å². The van der Waals surface area contributed by atoms with Gasteiger partial charge in [-0.1, -0.05) is 6.58 Å². The number of rotatable bonds is 5. The van der Waals surface area contributed by atoms with Crippen LogP contribution in [0, 0.1) is 0 Å². The van der Waals surface area contributed by atoms with Gasteiger partial charge in [-0.2, -0.15) is 9.61 Å². The van der Waals surface area contributed by atoms with Crippen LogP contribution in [0.1, 0.15) is 23.2 Å². The molecule has 3 heterocycles. The molecular weight excluding hydrogens is 300 g/mol. The Balaban J connectivity index is 2.05. The van der Waals surface area contributed by atoms with Crippen molar-refractivity contribution in [1.82, 2.24) is 14.6 Å². The molecule has 3 rings (SSSR count). The van der Waals surface area contributed by atoms with E-state index in [1.54, 1.807) is 18.5 Å². The summed E-state index contributed by atoms with van der Waals surface area (Å²) in [6.45, 7) is 4.09. The molecule has 0 aromatic carbocycles. The number of fused-ring (bicyclic) bond motifs is 1. The fourth-order valence-corrected chi connectivity index (χ4v) is 2.47. The van der Waals surface area contributed by atoms with E-state index in [0.717, 1.165) is 16.7 Å². The van der Waals surface area contributed by atoms with Crippen molar-refractivity contribution in [2.24, 2.45) is 0 Å². The van der Waals surface area contributed by atoms with E-state index in [1.807, 2.05) is 18.2 Å². The monoisotopic (exact) mass is 315 g/mol. The molecule has 0 bridgehead atoms. The molecule has 0 spiro atoms. The predicted molar refractivity (Wildman–Crippen MR) is 83.7 cm³/mol. The van der Waals surface area contributed by atoms with Crippen molar-refractivity contribution < 1.29 is 13.5 Å². The van der Waals surface area contributed by atoms with E-state index in [2.05, 4.69) is 16.7 Å². The number of hydrogen-bond acceptors (Lipinski definition) is 3. The van der Waals surface area contributed by atoms with E-state index in [4.69, 9.17) is 4.74 Å². The van der Waals surface area contributed by atoms with Crippen LogP contribution in [0.15, 0.2) is 49.3 Å². The Morgan fingerprint density at radius 1 is 1.26 bits per heavy atom. The molecule has 118 valence electrons. The summed E-state index contributed by atoms with van der Waals surface area (Å²) in [4.78, 5) is 3.98. The summed E-state index contributed by atoms with van der Waals surface area (Å²) in [5.41, 5.74) is 2.89. The number of alkyl halides is 2. The van der Waals surface area contributed by atoms with Gasteiger partial charge in [0.05, 0.1) is 12.6 Å². The molecule has 0 saturated heterocycles. The molecule has 0 saturated carbocycles. The zero-order chi connectivity index (χ0) is 16.4. The minimum Gasteiger partial charge on any atom is -0.481 e. The first-order chi connectivity index (χ1) is 11.1. The molecule has 6 heteroatoms. The van der Waals surface area contributed by atoms with Crippen LogP contribution in [0.25, 0.3) is 11.1 Å². The van der Waals surface area contributed by atoms with Crippen molar-refractivity contribution in [1.29, 1.82) is 0 Å². The first kappa shape index (κ1) is 15.1. The Kier molecular flexibility index (Phi) is 4.06. The van der Waals surface area contributed by atoms with Crippen LogP contribution in [0.4, 0.5) is 8.78 Å². The third-order valence-corrected chi connectivity index (χ3v) is 3.59. The fraction of sp³-hybridized carbons (Fsp3) is 0.176. The highest BCUT2D eigenvalue weighted by Gasteiger charge is 2.17. The SMILES string of the molecule is C=C(Cc1ccncc1)c1ccc(OC)n2nc(C(F)F)cc12. The lowest BCUT2D eigenvalue weighted by atomic mass is 10.00. The summed E-state index contributed by atoms with van der Waals surface area (Å²) >= 11 is 0. The third-order valence-electron chi connectivity index (χ3n) is 3.59. The number of aromatic nitrogens is 3. The molecule has 0 aliphatic heterocycles. The molecule has 23 heavy (non-hydrogen) atoms. The van der Waals surface area contributed by atoms with Crippen molar-refractivity contribution in [3.63, 3.8) is 0 Å². The maximum Gasteiger partial charge on any atom is 0.282 e. The highest BCUT2D eigenvalue weighted by atomic mass is 19.3. The number of halogens is 2. The van der Waals surface area contributed by atoms with Crippen molar-refractivity contribution in [3.8, 4) is 5.88 Å². The number of hydrogen-bond donors (Lipinski definition) is 0. The molecule has 0 aliphatic rings. The minimum absolute atomic E-state index is 0.285. The second kappa shape index (κ2) is 6.16. The molecule has 0 amide bonds. The standard InChI is InChI=1S/C17H15F2N3O/c1-11(9-12-5-7-20-8-6-12)13-3-4-16(23-2)22-15(13)10-14(21-22)17(18)19/h3-8,10,17H,1,9H2,2H3. The predicted octanol–water partition coefficient (Wildman–Crippen LogP) is 3.93. The zero-order valence-electron chi connectivity index (χ0n) is 12.5.